The number of aromatic hydroxyl groups is 1. The number of imidazole rings is 1. The number of hydrogen-bond acceptors (Lipinski definition) is 18. The van der Waals surface area contributed by atoms with Gasteiger partial charge in [0, 0.05) is 24.4 Å². The molecule has 5 N–H and O–H groups in total. The number of H-pyrrole nitrogens is 1. The summed E-state index contributed by atoms with van der Waals surface area (Å²) in [4.78, 5) is 62.1. The van der Waals surface area contributed by atoms with Crippen LogP contribution in [0.2, 0.25) is 0 Å². The summed E-state index contributed by atoms with van der Waals surface area (Å²) in [5.41, 5.74) is 4.91. The van der Waals surface area contributed by atoms with Crippen LogP contribution in [0.4, 0.5) is 14.6 Å². The van der Waals surface area contributed by atoms with E-state index >= 15 is 8.78 Å². The standard InChI is InChI=1S/C34H33F2N7O14P2S/c35-24-21-10-12-51-58(48,49)56-27-22(55-31(25(27)36)43-16-40-26-29(37)38-15-39-30(26)43)13-52-59(50,57-28(24)32(54-21)42-11-9-23(45)41-34(42)47)60-14-17-1-7-20(8-2-17)53-33(46)18-3-5-19(44)6-4-18/h1-9,11,15-16,21-22,24-25,27-28,31-32,44H,10,12-14H2,(H,48,49)(H2,37,38,39)(H,41,45,47)/t21-,22-,24-,25-,27-,28-,31-,32-,59?/m1/s1. The number of benzene rings is 2. The Morgan fingerprint density at radius 1 is 0.933 bits per heavy atom. The molecular formula is C34H33F2N7O14P2S. The number of nitrogen functional groups attached to an aromatic ring is 1. The minimum atomic E-state index is -5.14. The molecule has 318 valence electrons. The van der Waals surface area contributed by atoms with Crippen molar-refractivity contribution >= 4 is 49.0 Å². The van der Waals surface area contributed by atoms with E-state index in [1.54, 1.807) is 0 Å². The van der Waals surface area contributed by atoms with Gasteiger partial charge < -0.3 is 29.9 Å². The summed E-state index contributed by atoms with van der Waals surface area (Å²) in [5.74, 6) is -0.764. The van der Waals surface area contributed by atoms with Crippen LogP contribution in [-0.4, -0.2) is 95.0 Å². The molecule has 10 atom stereocenters. The molecule has 26 heteroatoms. The molecule has 2 aromatic carbocycles. The third-order valence-electron chi connectivity index (χ3n) is 9.50. The van der Waals surface area contributed by atoms with Crippen molar-refractivity contribution in [2.75, 3.05) is 18.9 Å². The van der Waals surface area contributed by atoms with Gasteiger partial charge >= 0.3 is 26.3 Å². The van der Waals surface area contributed by atoms with E-state index in [0.29, 0.717) is 16.9 Å². The lowest BCUT2D eigenvalue weighted by molar-refractivity contribution is -0.0484. The van der Waals surface area contributed by atoms with E-state index < -0.39 is 101 Å². The Bertz CT molecular complexity index is 2600. The number of ether oxygens (including phenoxy) is 3. The number of phosphoric acid groups is 1. The Hall–Kier alpha value is -4.87. The molecule has 0 spiro atoms. The number of esters is 1. The quantitative estimate of drug-likeness (QED) is 0.103. The molecule has 3 fully saturated rings. The number of aromatic nitrogens is 6. The summed E-state index contributed by atoms with van der Waals surface area (Å²) in [6.07, 6.45) is -11.7. The summed E-state index contributed by atoms with van der Waals surface area (Å²) >= 11 is 0.558. The van der Waals surface area contributed by atoms with E-state index in [9.17, 15) is 33.5 Å². The van der Waals surface area contributed by atoms with Crippen LogP contribution in [-0.2, 0) is 42.5 Å². The lowest BCUT2D eigenvalue weighted by Crippen LogP contribution is -2.38. The number of nitrogens with zero attached hydrogens (tertiary/aromatic N) is 5. The van der Waals surface area contributed by atoms with E-state index in [0.717, 1.165) is 34.1 Å². The van der Waals surface area contributed by atoms with Crippen molar-refractivity contribution in [3.8, 4) is 11.5 Å². The fourth-order valence-corrected chi connectivity index (χ4v) is 10.9. The third kappa shape index (κ3) is 8.79. The molecule has 3 aliphatic rings. The van der Waals surface area contributed by atoms with Crippen LogP contribution in [0.5, 0.6) is 11.5 Å². The Morgan fingerprint density at radius 2 is 1.68 bits per heavy atom. The van der Waals surface area contributed by atoms with Gasteiger partial charge in [0.1, 0.15) is 41.7 Å². The first-order chi connectivity index (χ1) is 28.7. The van der Waals surface area contributed by atoms with Crippen molar-refractivity contribution in [2.24, 2.45) is 0 Å². The van der Waals surface area contributed by atoms with Gasteiger partial charge in [0.2, 0.25) is 0 Å². The zero-order chi connectivity index (χ0) is 42.3. The molecule has 3 aliphatic heterocycles. The molecule has 5 aromatic rings. The molecule has 0 saturated carbocycles. The molecule has 21 nitrogen and oxygen atoms in total. The normalized spacial score (nSPS) is 31.1. The van der Waals surface area contributed by atoms with Crippen molar-refractivity contribution < 1.29 is 65.0 Å². The van der Waals surface area contributed by atoms with Crippen LogP contribution in [0.3, 0.4) is 0 Å². The second-order valence-electron chi connectivity index (χ2n) is 13.4. The highest BCUT2D eigenvalue weighted by atomic mass is 32.7. The second-order valence-corrected chi connectivity index (χ2v) is 18.9. The fraction of sp³-hybridized carbons (Fsp3) is 0.353. The highest BCUT2D eigenvalue weighted by Crippen LogP contribution is 2.65. The van der Waals surface area contributed by atoms with Crippen molar-refractivity contribution in [2.45, 2.75) is 61.4 Å². The molecule has 2 bridgehead atoms. The molecular weight excluding hydrogens is 862 g/mol. The van der Waals surface area contributed by atoms with E-state index in [-0.39, 0.29) is 39.8 Å². The summed E-state index contributed by atoms with van der Waals surface area (Å²) in [7, 11) is -5.14. The van der Waals surface area contributed by atoms with Gasteiger partial charge in [-0.05, 0) is 53.3 Å². The maximum absolute atomic E-state index is 16.4. The number of nitrogens with one attached hydrogen (secondary N) is 1. The summed E-state index contributed by atoms with van der Waals surface area (Å²) in [5, 5.41) is 9.50. The Kier molecular flexibility index (Phi) is 11.8. The Morgan fingerprint density at radius 3 is 2.43 bits per heavy atom. The monoisotopic (exact) mass is 895 g/mol. The Labute approximate surface area is 339 Å². The Balaban J connectivity index is 1.09. The number of aromatic amines is 1. The van der Waals surface area contributed by atoms with E-state index in [4.69, 9.17) is 38.0 Å². The number of carbonyl (C=O) groups is 1. The smallest absolute Gasteiger partial charge is 0.472 e. The zero-order valence-corrected chi connectivity index (χ0v) is 33.1. The largest absolute Gasteiger partial charge is 0.508 e. The highest BCUT2D eigenvalue weighted by Gasteiger charge is 2.54. The van der Waals surface area contributed by atoms with Gasteiger partial charge in [0.05, 0.1) is 31.2 Å². The number of hydrogen-bond donors (Lipinski definition) is 4. The van der Waals surface area contributed by atoms with Crippen molar-refractivity contribution in [3.63, 3.8) is 0 Å². The molecule has 0 amide bonds. The van der Waals surface area contributed by atoms with Crippen molar-refractivity contribution in [1.82, 2.24) is 29.1 Å². The molecule has 3 saturated heterocycles. The van der Waals surface area contributed by atoms with Gasteiger partial charge in [-0.1, -0.05) is 12.1 Å². The molecule has 8 rings (SSSR count). The first-order valence-electron chi connectivity index (χ1n) is 17.8. The molecule has 3 aromatic heterocycles. The number of phosphoric ester groups is 1. The van der Waals surface area contributed by atoms with Gasteiger partial charge in [0.25, 0.3) is 5.56 Å². The fourth-order valence-electron chi connectivity index (χ4n) is 6.57. The first-order valence-corrected chi connectivity index (χ1v) is 22.5. The minimum absolute atomic E-state index is 0.0228. The maximum Gasteiger partial charge on any atom is 0.472 e. The number of anilines is 1. The van der Waals surface area contributed by atoms with Crippen LogP contribution in [0.15, 0.2) is 83.0 Å². The van der Waals surface area contributed by atoms with Crippen LogP contribution in [0.1, 0.15) is 34.8 Å². The van der Waals surface area contributed by atoms with Gasteiger partial charge in [-0.25, -0.2) is 42.5 Å². The molecule has 60 heavy (non-hydrogen) atoms. The minimum Gasteiger partial charge on any atom is -0.508 e. The lowest BCUT2D eigenvalue weighted by atomic mass is 10.1. The zero-order valence-electron chi connectivity index (χ0n) is 30.5. The van der Waals surface area contributed by atoms with Crippen LogP contribution in [0, 0.1) is 0 Å². The van der Waals surface area contributed by atoms with E-state index in [1.165, 1.54) is 48.5 Å². The topological polar surface area (TPSA) is 281 Å². The number of alkyl halides is 2. The second kappa shape index (κ2) is 16.9. The SMILES string of the molecule is Nc1ncnc2c1ncn2[C@@H]1O[C@@H]2COP(=O)(SCc3ccc(OC(=O)c4ccc(O)cc4)cc3)O[C@@H]3[C@H](F)[C@@H](CCOP(=O)(O)O[C@H]2[C@H]1F)O[C@H]3n1ccc(=O)[nH]c1=O. The van der Waals surface area contributed by atoms with Crippen molar-refractivity contribution in [1.29, 1.82) is 0 Å². The number of phenolic OH excluding ortho intramolecular Hbond substituents is 1. The number of rotatable bonds is 7. The maximum atomic E-state index is 16.4. The van der Waals surface area contributed by atoms with Gasteiger partial charge in [0.15, 0.2) is 36.3 Å². The highest BCUT2D eigenvalue weighted by molar-refractivity contribution is 8.54. The average molecular weight is 896 g/mol. The first kappa shape index (κ1) is 41.8. The van der Waals surface area contributed by atoms with Crippen LogP contribution in [0.25, 0.3) is 11.2 Å². The summed E-state index contributed by atoms with van der Waals surface area (Å²) in [6.45, 7) is -6.23. The van der Waals surface area contributed by atoms with E-state index in [1.807, 2.05) is 4.98 Å². The number of carbonyl (C=O) groups excluding carboxylic acids is 1. The molecule has 6 heterocycles. The summed E-state index contributed by atoms with van der Waals surface area (Å²) in [6, 6.07) is 12.3. The molecule has 0 radical (unpaired) electrons. The van der Waals surface area contributed by atoms with Gasteiger partial charge in [-0.15, -0.1) is 0 Å². The van der Waals surface area contributed by atoms with Crippen LogP contribution < -0.4 is 21.7 Å². The molecule has 2 unspecified atom stereocenters. The third-order valence-corrected chi connectivity index (χ3v) is 14.2. The average Bonchev–Trinajstić information content (AvgIpc) is 3.87. The number of fused-ring (bicyclic) bond motifs is 4. The summed E-state index contributed by atoms with van der Waals surface area (Å²) < 4.78 is 102. The number of nitrogens with two attached hydrogens (primary N) is 1. The van der Waals surface area contributed by atoms with Crippen molar-refractivity contribution in [3.05, 3.63) is 105 Å². The van der Waals surface area contributed by atoms with E-state index in [2.05, 4.69) is 15.0 Å². The van der Waals surface area contributed by atoms with Gasteiger partial charge in [-0.2, -0.15) is 0 Å². The number of phenols is 1. The predicted octanol–water partition coefficient (Wildman–Crippen LogP) is 3.70. The van der Waals surface area contributed by atoms with Crippen LogP contribution >= 0.6 is 26.0 Å². The number of halogens is 2. The van der Waals surface area contributed by atoms with Gasteiger partial charge in [-0.3, -0.25) is 37.0 Å². The predicted molar refractivity (Wildman–Crippen MR) is 203 cm³/mol. The molecule has 0 aliphatic carbocycles. The lowest BCUT2D eigenvalue weighted by Gasteiger charge is -2.28.